The fourth-order valence-electron chi connectivity index (χ4n) is 2.31. The smallest absolute Gasteiger partial charge is 0.306 e. The number of nitrogens with one attached hydrogen (secondary N) is 1. The molecule has 3 heteroatoms. The topological polar surface area (TPSA) is 38.3 Å². The predicted molar refractivity (Wildman–Crippen MR) is 58.5 cm³/mol. The van der Waals surface area contributed by atoms with Crippen LogP contribution in [0.1, 0.15) is 39.0 Å². The van der Waals surface area contributed by atoms with Crippen LogP contribution in [0.2, 0.25) is 0 Å². The molecule has 0 amide bonds. The summed E-state index contributed by atoms with van der Waals surface area (Å²) in [6.45, 7) is 4.24. The lowest BCUT2D eigenvalue weighted by Crippen LogP contribution is -2.43. The van der Waals surface area contributed by atoms with Gasteiger partial charge in [-0.25, -0.2) is 0 Å². The number of carbonyl (C=O) groups is 1. The van der Waals surface area contributed by atoms with Crippen molar-refractivity contribution in [3.8, 4) is 0 Å². The molecule has 0 aromatic rings. The lowest BCUT2D eigenvalue weighted by atomic mass is 9.89. The molecule has 0 atom stereocenters. The molecule has 1 aliphatic heterocycles. The minimum Gasteiger partial charge on any atom is -0.462 e. The lowest BCUT2D eigenvalue weighted by Gasteiger charge is -2.29. The maximum absolute atomic E-state index is 11.5. The van der Waals surface area contributed by atoms with E-state index in [1.165, 1.54) is 12.8 Å². The van der Waals surface area contributed by atoms with E-state index >= 15 is 0 Å². The summed E-state index contributed by atoms with van der Waals surface area (Å²) in [6.07, 6.45) is 5.37. The average Bonchev–Trinajstić information content (AvgIpc) is 2.16. The Bertz CT molecular complexity index is 218. The van der Waals surface area contributed by atoms with Gasteiger partial charge in [-0.2, -0.15) is 0 Å². The third-order valence-corrected chi connectivity index (χ3v) is 3.58. The van der Waals surface area contributed by atoms with Crippen LogP contribution in [0.5, 0.6) is 0 Å². The molecule has 1 saturated heterocycles. The quantitative estimate of drug-likeness (QED) is 0.722. The lowest BCUT2D eigenvalue weighted by molar-refractivity contribution is -0.152. The molecule has 0 radical (unpaired) electrons. The third kappa shape index (κ3) is 3.20. The molecule has 1 aliphatic carbocycles. The summed E-state index contributed by atoms with van der Waals surface area (Å²) in [5, 5.41) is 3.17. The van der Waals surface area contributed by atoms with Crippen molar-refractivity contribution in [2.24, 2.45) is 11.8 Å². The fraction of sp³-hybridized carbons (Fsp3) is 0.917. The van der Waals surface area contributed by atoms with Gasteiger partial charge in [0.05, 0.1) is 6.42 Å². The van der Waals surface area contributed by atoms with Crippen molar-refractivity contribution in [2.75, 3.05) is 13.1 Å². The molecule has 1 heterocycles. The van der Waals surface area contributed by atoms with Gasteiger partial charge in [0, 0.05) is 0 Å². The summed E-state index contributed by atoms with van der Waals surface area (Å²) < 4.78 is 5.48. The molecule has 0 aromatic carbocycles. The molecule has 3 nitrogen and oxygen atoms in total. The highest BCUT2D eigenvalue weighted by Gasteiger charge is 2.25. The van der Waals surface area contributed by atoms with Crippen molar-refractivity contribution in [3.05, 3.63) is 0 Å². The van der Waals surface area contributed by atoms with Crippen LogP contribution in [-0.4, -0.2) is 25.2 Å². The monoisotopic (exact) mass is 211 g/mol. The van der Waals surface area contributed by atoms with Gasteiger partial charge >= 0.3 is 5.97 Å². The molecule has 0 spiro atoms. The van der Waals surface area contributed by atoms with Crippen LogP contribution in [0, 0.1) is 11.8 Å². The van der Waals surface area contributed by atoms with Gasteiger partial charge in [0.1, 0.15) is 6.10 Å². The van der Waals surface area contributed by atoms with E-state index in [1.807, 2.05) is 0 Å². The molecular weight excluding hydrogens is 190 g/mol. The molecule has 0 bridgehead atoms. The number of esters is 1. The van der Waals surface area contributed by atoms with Gasteiger partial charge in [-0.05, 0) is 50.6 Å². The van der Waals surface area contributed by atoms with Crippen molar-refractivity contribution in [1.29, 1.82) is 0 Å². The van der Waals surface area contributed by atoms with Crippen LogP contribution in [0.3, 0.4) is 0 Å². The van der Waals surface area contributed by atoms with Crippen molar-refractivity contribution in [3.63, 3.8) is 0 Å². The molecule has 0 aromatic heterocycles. The van der Waals surface area contributed by atoms with E-state index in [0.717, 1.165) is 31.8 Å². The highest BCUT2D eigenvalue weighted by Crippen LogP contribution is 2.26. The maximum atomic E-state index is 11.5. The Kier molecular flexibility index (Phi) is 3.62. The standard InChI is InChI=1S/C12H21NO2/c1-9-2-4-11(5-3-9)15-12(14)6-10-7-13-8-10/h9-11,13H,2-8H2,1H3. The van der Waals surface area contributed by atoms with Crippen molar-refractivity contribution >= 4 is 5.97 Å². The second-order valence-corrected chi connectivity index (χ2v) is 5.10. The number of hydrogen-bond donors (Lipinski definition) is 1. The van der Waals surface area contributed by atoms with Crippen molar-refractivity contribution in [2.45, 2.75) is 45.1 Å². The Morgan fingerprint density at radius 2 is 1.93 bits per heavy atom. The van der Waals surface area contributed by atoms with Gasteiger partial charge in [0.15, 0.2) is 0 Å². The summed E-state index contributed by atoms with van der Waals surface area (Å²) in [5.41, 5.74) is 0. The summed E-state index contributed by atoms with van der Waals surface area (Å²) >= 11 is 0. The van der Waals surface area contributed by atoms with E-state index < -0.39 is 0 Å². The van der Waals surface area contributed by atoms with E-state index in [2.05, 4.69) is 12.2 Å². The molecule has 1 N–H and O–H groups in total. The molecule has 2 aliphatic rings. The van der Waals surface area contributed by atoms with E-state index in [4.69, 9.17) is 4.74 Å². The van der Waals surface area contributed by atoms with Crippen LogP contribution in [0.4, 0.5) is 0 Å². The van der Waals surface area contributed by atoms with Crippen molar-refractivity contribution in [1.82, 2.24) is 5.32 Å². The Labute approximate surface area is 91.6 Å². The van der Waals surface area contributed by atoms with Crippen LogP contribution < -0.4 is 5.32 Å². The number of hydrogen-bond acceptors (Lipinski definition) is 3. The van der Waals surface area contributed by atoms with Gasteiger partial charge < -0.3 is 10.1 Å². The minimum absolute atomic E-state index is 0.0149. The molecule has 2 fully saturated rings. The molecule has 2 rings (SSSR count). The van der Waals surface area contributed by atoms with Gasteiger partial charge in [0.2, 0.25) is 0 Å². The Balaban J connectivity index is 1.64. The molecule has 15 heavy (non-hydrogen) atoms. The Hall–Kier alpha value is -0.570. The Morgan fingerprint density at radius 1 is 1.27 bits per heavy atom. The normalized spacial score (nSPS) is 32.1. The molecule has 0 unspecified atom stereocenters. The first-order valence-electron chi connectivity index (χ1n) is 6.14. The van der Waals surface area contributed by atoms with Gasteiger partial charge in [-0.3, -0.25) is 4.79 Å². The van der Waals surface area contributed by atoms with Crippen LogP contribution >= 0.6 is 0 Å². The van der Waals surface area contributed by atoms with Crippen LogP contribution in [-0.2, 0) is 9.53 Å². The van der Waals surface area contributed by atoms with E-state index in [-0.39, 0.29) is 12.1 Å². The average molecular weight is 211 g/mol. The van der Waals surface area contributed by atoms with E-state index in [0.29, 0.717) is 12.3 Å². The van der Waals surface area contributed by atoms with E-state index in [9.17, 15) is 4.79 Å². The van der Waals surface area contributed by atoms with Gasteiger partial charge in [-0.15, -0.1) is 0 Å². The summed E-state index contributed by atoms with van der Waals surface area (Å²) in [6, 6.07) is 0. The van der Waals surface area contributed by atoms with Crippen LogP contribution in [0.25, 0.3) is 0 Å². The first-order valence-corrected chi connectivity index (χ1v) is 6.14. The zero-order valence-corrected chi connectivity index (χ0v) is 9.50. The first-order chi connectivity index (χ1) is 7.24. The van der Waals surface area contributed by atoms with Crippen LogP contribution in [0.15, 0.2) is 0 Å². The highest BCUT2D eigenvalue weighted by atomic mass is 16.5. The Morgan fingerprint density at radius 3 is 2.47 bits per heavy atom. The zero-order valence-electron chi connectivity index (χ0n) is 9.50. The number of carbonyl (C=O) groups excluding carboxylic acids is 1. The molecule has 86 valence electrons. The maximum Gasteiger partial charge on any atom is 0.306 e. The zero-order chi connectivity index (χ0) is 10.7. The van der Waals surface area contributed by atoms with Gasteiger partial charge in [-0.1, -0.05) is 6.92 Å². The third-order valence-electron chi connectivity index (χ3n) is 3.58. The SMILES string of the molecule is CC1CCC(OC(=O)CC2CNC2)CC1. The second-order valence-electron chi connectivity index (χ2n) is 5.10. The summed E-state index contributed by atoms with van der Waals surface area (Å²) in [5.74, 6) is 1.36. The first kappa shape index (κ1) is 10.9. The molecule has 1 saturated carbocycles. The predicted octanol–water partition coefficient (Wildman–Crippen LogP) is 1.72. The minimum atomic E-state index is 0.0149. The largest absolute Gasteiger partial charge is 0.462 e. The second kappa shape index (κ2) is 4.97. The molecular formula is C12H21NO2. The number of ether oxygens (including phenoxy) is 1. The summed E-state index contributed by atoms with van der Waals surface area (Å²) in [4.78, 5) is 11.5. The van der Waals surface area contributed by atoms with Crippen molar-refractivity contribution < 1.29 is 9.53 Å². The highest BCUT2D eigenvalue weighted by molar-refractivity contribution is 5.70. The van der Waals surface area contributed by atoms with E-state index in [1.54, 1.807) is 0 Å². The summed E-state index contributed by atoms with van der Waals surface area (Å²) in [7, 11) is 0. The number of rotatable bonds is 3. The fourth-order valence-corrected chi connectivity index (χ4v) is 2.31. The van der Waals surface area contributed by atoms with Gasteiger partial charge in [0.25, 0.3) is 0 Å².